The van der Waals surface area contributed by atoms with E-state index in [1.807, 2.05) is 35.2 Å². The van der Waals surface area contributed by atoms with E-state index >= 15 is 0 Å². The van der Waals surface area contributed by atoms with Crippen LogP contribution in [-0.4, -0.2) is 19.1 Å². The fraction of sp³-hybridized carbons (Fsp3) is 0.333. The van der Waals surface area contributed by atoms with E-state index in [0.29, 0.717) is 5.69 Å². The third-order valence-electron chi connectivity index (χ3n) is 4.16. The lowest BCUT2D eigenvalue weighted by molar-refractivity contribution is -0.137. The first kappa shape index (κ1) is 15.9. The fourth-order valence-corrected chi connectivity index (χ4v) is 3.06. The average molecular weight is 320 g/mol. The molecule has 1 heterocycles. The number of nitrogens with one attached hydrogen (secondary N) is 1. The molecule has 1 aliphatic heterocycles. The number of para-hydroxylation sites is 1. The van der Waals surface area contributed by atoms with E-state index in [9.17, 15) is 13.2 Å². The van der Waals surface area contributed by atoms with Crippen molar-refractivity contribution < 1.29 is 13.2 Å². The van der Waals surface area contributed by atoms with Crippen molar-refractivity contribution in [2.45, 2.75) is 25.1 Å². The average Bonchev–Trinajstić information content (AvgIpc) is 2.57. The molecule has 2 nitrogen and oxygen atoms in total. The van der Waals surface area contributed by atoms with Crippen LogP contribution in [0.25, 0.3) is 0 Å². The zero-order valence-corrected chi connectivity index (χ0v) is 12.7. The second-order valence-electron chi connectivity index (χ2n) is 5.73. The van der Waals surface area contributed by atoms with Gasteiger partial charge in [0.15, 0.2) is 0 Å². The summed E-state index contributed by atoms with van der Waals surface area (Å²) in [5.41, 5.74) is 0.918. The third kappa shape index (κ3) is 3.67. The van der Waals surface area contributed by atoms with Gasteiger partial charge in [-0.2, -0.15) is 13.2 Å². The Balaban J connectivity index is 2.01. The Morgan fingerprint density at radius 3 is 2.17 bits per heavy atom. The Bertz CT molecular complexity index is 634. The summed E-state index contributed by atoms with van der Waals surface area (Å²) in [5, 5.41) is 3.30. The van der Waals surface area contributed by atoms with Gasteiger partial charge in [0.25, 0.3) is 0 Å². The van der Waals surface area contributed by atoms with Crippen molar-refractivity contribution in [3.8, 4) is 0 Å². The van der Waals surface area contributed by atoms with Gasteiger partial charge in [0.2, 0.25) is 0 Å². The number of hydrogen-bond acceptors (Lipinski definition) is 2. The molecule has 0 saturated carbocycles. The number of halogens is 3. The molecule has 122 valence electrons. The molecule has 1 aliphatic rings. The van der Waals surface area contributed by atoms with E-state index in [4.69, 9.17) is 0 Å². The lowest BCUT2D eigenvalue weighted by atomic mass is 10.0. The van der Waals surface area contributed by atoms with Crippen LogP contribution in [0.1, 0.15) is 18.4 Å². The standard InChI is InChI=1S/C18H19F3N2/c19-18(20,21)14-5-4-8-17(13-14)23(15-6-2-1-3-7-15)16-9-11-22-12-10-16/h1-8,13,16,22H,9-12H2. The van der Waals surface area contributed by atoms with Crippen LogP contribution in [0.4, 0.5) is 24.5 Å². The van der Waals surface area contributed by atoms with E-state index in [2.05, 4.69) is 5.32 Å². The fourth-order valence-electron chi connectivity index (χ4n) is 3.06. The maximum absolute atomic E-state index is 13.0. The number of alkyl halides is 3. The minimum Gasteiger partial charge on any atom is -0.338 e. The molecule has 0 bridgehead atoms. The van der Waals surface area contributed by atoms with Gasteiger partial charge in [0.05, 0.1) is 5.56 Å². The van der Waals surface area contributed by atoms with Crippen molar-refractivity contribution in [2.24, 2.45) is 0 Å². The zero-order chi connectivity index (χ0) is 16.3. The van der Waals surface area contributed by atoms with Gasteiger partial charge in [-0.15, -0.1) is 0 Å². The molecule has 1 saturated heterocycles. The summed E-state index contributed by atoms with van der Waals surface area (Å²) in [7, 11) is 0. The lowest BCUT2D eigenvalue weighted by Crippen LogP contribution is -2.41. The summed E-state index contributed by atoms with van der Waals surface area (Å²) in [6.07, 6.45) is -2.51. The summed E-state index contributed by atoms with van der Waals surface area (Å²) < 4.78 is 39.1. The highest BCUT2D eigenvalue weighted by Gasteiger charge is 2.31. The number of piperidine rings is 1. The zero-order valence-electron chi connectivity index (χ0n) is 12.7. The lowest BCUT2D eigenvalue weighted by Gasteiger charge is -2.36. The smallest absolute Gasteiger partial charge is 0.338 e. The largest absolute Gasteiger partial charge is 0.416 e. The van der Waals surface area contributed by atoms with Crippen LogP contribution >= 0.6 is 0 Å². The first-order valence-corrected chi connectivity index (χ1v) is 7.78. The number of rotatable bonds is 3. The molecule has 0 aliphatic carbocycles. The third-order valence-corrected chi connectivity index (χ3v) is 4.16. The van der Waals surface area contributed by atoms with Gasteiger partial charge in [-0.05, 0) is 56.3 Å². The molecule has 1 N–H and O–H groups in total. The van der Waals surface area contributed by atoms with Crippen molar-refractivity contribution in [3.63, 3.8) is 0 Å². The number of benzene rings is 2. The van der Waals surface area contributed by atoms with Crippen LogP contribution in [-0.2, 0) is 6.18 Å². The highest BCUT2D eigenvalue weighted by atomic mass is 19.4. The maximum Gasteiger partial charge on any atom is 0.416 e. The highest BCUT2D eigenvalue weighted by molar-refractivity contribution is 5.65. The number of hydrogen-bond donors (Lipinski definition) is 1. The molecule has 2 aromatic rings. The maximum atomic E-state index is 13.0. The van der Waals surface area contributed by atoms with Crippen molar-refractivity contribution in [3.05, 3.63) is 60.2 Å². The molecule has 0 unspecified atom stereocenters. The number of anilines is 2. The second-order valence-corrected chi connectivity index (χ2v) is 5.73. The van der Waals surface area contributed by atoms with Crippen LogP contribution in [0.15, 0.2) is 54.6 Å². The minimum absolute atomic E-state index is 0.196. The van der Waals surface area contributed by atoms with E-state index in [-0.39, 0.29) is 6.04 Å². The van der Waals surface area contributed by atoms with Crippen LogP contribution < -0.4 is 10.2 Å². The van der Waals surface area contributed by atoms with E-state index < -0.39 is 11.7 Å². The first-order valence-electron chi connectivity index (χ1n) is 7.78. The monoisotopic (exact) mass is 320 g/mol. The predicted molar refractivity (Wildman–Crippen MR) is 85.9 cm³/mol. The molecular formula is C18H19F3N2. The van der Waals surface area contributed by atoms with Crippen molar-refractivity contribution in [1.82, 2.24) is 5.32 Å². The van der Waals surface area contributed by atoms with Crippen molar-refractivity contribution in [2.75, 3.05) is 18.0 Å². The van der Waals surface area contributed by atoms with E-state index in [0.717, 1.165) is 37.7 Å². The van der Waals surface area contributed by atoms with E-state index in [1.165, 1.54) is 12.1 Å². The van der Waals surface area contributed by atoms with Crippen molar-refractivity contribution >= 4 is 11.4 Å². The molecule has 0 radical (unpaired) electrons. The van der Waals surface area contributed by atoms with Gasteiger partial charge in [-0.3, -0.25) is 0 Å². The first-order chi connectivity index (χ1) is 11.1. The van der Waals surface area contributed by atoms with Gasteiger partial charge in [0.1, 0.15) is 0 Å². The summed E-state index contributed by atoms with van der Waals surface area (Å²) in [6.45, 7) is 1.76. The molecule has 0 amide bonds. The topological polar surface area (TPSA) is 15.3 Å². The van der Waals surface area contributed by atoms with Gasteiger partial charge >= 0.3 is 6.18 Å². The SMILES string of the molecule is FC(F)(F)c1cccc(N(c2ccccc2)C2CCNCC2)c1. The molecular weight excluding hydrogens is 301 g/mol. The summed E-state index contributed by atoms with van der Waals surface area (Å²) in [6, 6.07) is 15.4. The van der Waals surface area contributed by atoms with Gasteiger partial charge in [-0.25, -0.2) is 0 Å². The Hall–Kier alpha value is -2.01. The molecule has 2 aromatic carbocycles. The van der Waals surface area contributed by atoms with Crippen molar-refractivity contribution in [1.29, 1.82) is 0 Å². The minimum atomic E-state index is -4.33. The summed E-state index contributed by atoms with van der Waals surface area (Å²) in [4.78, 5) is 2.04. The van der Waals surface area contributed by atoms with Gasteiger partial charge < -0.3 is 10.2 Å². The molecule has 23 heavy (non-hydrogen) atoms. The molecule has 1 fully saturated rings. The van der Waals surface area contributed by atoms with Crippen LogP contribution in [0.3, 0.4) is 0 Å². The van der Waals surface area contributed by atoms with E-state index in [1.54, 1.807) is 6.07 Å². The normalized spacial score (nSPS) is 16.3. The quantitative estimate of drug-likeness (QED) is 0.889. The molecule has 3 rings (SSSR count). The van der Waals surface area contributed by atoms with Gasteiger partial charge in [0, 0.05) is 17.4 Å². The second kappa shape index (κ2) is 6.62. The Kier molecular flexibility index (Phi) is 4.57. The Morgan fingerprint density at radius 2 is 1.52 bits per heavy atom. The van der Waals surface area contributed by atoms with Crippen LogP contribution in [0.2, 0.25) is 0 Å². The number of nitrogens with zero attached hydrogens (tertiary/aromatic N) is 1. The molecule has 0 aromatic heterocycles. The summed E-state index contributed by atoms with van der Waals surface area (Å²) >= 11 is 0. The van der Waals surface area contributed by atoms with Crippen LogP contribution in [0, 0.1) is 0 Å². The summed E-state index contributed by atoms with van der Waals surface area (Å²) in [5.74, 6) is 0. The molecule has 0 atom stereocenters. The molecule has 5 heteroatoms. The van der Waals surface area contributed by atoms with Crippen LogP contribution in [0.5, 0.6) is 0 Å². The predicted octanol–water partition coefficient (Wildman–Crippen LogP) is 4.60. The Labute approximate surface area is 133 Å². The molecule has 0 spiro atoms. The van der Waals surface area contributed by atoms with Gasteiger partial charge in [-0.1, -0.05) is 24.3 Å². The Morgan fingerprint density at radius 1 is 0.870 bits per heavy atom. The highest BCUT2D eigenvalue weighted by Crippen LogP contribution is 2.36.